The van der Waals surface area contributed by atoms with Gasteiger partial charge in [0.05, 0.1) is 16.7 Å². The van der Waals surface area contributed by atoms with Gasteiger partial charge in [-0.2, -0.15) is 0 Å². The van der Waals surface area contributed by atoms with Crippen molar-refractivity contribution in [3.63, 3.8) is 0 Å². The molecule has 206 valence electrons. The van der Waals surface area contributed by atoms with Gasteiger partial charge in [0.15, 0.2) is 17.5 Å². The summed E-state index contributed by atoms with van der Waals surface area (Å²) in [4.78, 5) is 20.0. The molecule has 1 aliphatic rings. The summed E-state index contributed by atoms with van der Waals surface area (Å²) in [7, 11) is 0. The lowest BCUT2D eigenvalue weighted by Gasteiger charge is -2.37. The van der Waals surface area contributed by atoms with Crippen LogP contribution in [0.3, 0.4) is 0 Å². The SMILES string of the molecule is CCc1nc2ccc(-c3nc(-c4ccccc4)nc(-c4ccccc4)n3)c3c2n1-c1ccccc1C3(O)c1ccccc1. The summed E-state index contributed by atoms with van der Waals surface area (Å²) in [6.45, 7) is 2.11. The Balaban J connectivity index is 1.50. The van der Waals surface area contributed by atoms with E-state index in [9.17, 15) is 5.11 Å². The van der Waals surface area contributed by atoms with Crippen LogP contribution in [0.2, 0.25) is 0 Å². The molecule has 1 atom stereocenters. The largest absolute Gasteiger partial charge is 0.376 e. The van der Waals surface area contributed by atoms with Crippen LogP contribution in [0.5, 0.6) is 0 Å². The number of aromatic nitrogens is 5. The zero-order valence-electron chi connectivity index (χ0n) is 23.5. The predicted molar refractivity (Wildman–Crippen MR) is 169 cm³/mol. The van der Waals surface area contributed by atoms with E-state index < -0.39 is 5.60 Å². The minimum atomic E-state index is -1.49. The van der Waals surface area contributed by atoms with E-state index in [1.54, 1.807) is 0 Å². The first kappa shape index (κ1) is 25.3. The molecule has 5 aromatic carbocycles. The summed E-state index contributed by atoms with van der Waals surface area (Å²) in [5.74, 6) is 2.56. The number of hydrogen-bond donors (Lipinski definition) is 1. The molecular formula is C37H27N5O. The molecule has 0 saturated heterocycles. The number of imidazole rings is 1. The Kier molecular flexibility index (Phi) is 5.77. The van der Waals surface area contributed by atoms with Crippen LogP contribution in [0.1, 0.15) is 29.4 Å². The van der Waals surface area contributed by atoms with Gasteiger partial charge in [-0.1, -0.05) is 116 Å². The number of fused-ring (bicyclic) bond motifs is 2. The normalized spacial score (nSPS) is 15.4. The van der Waals surface area contributed by atoms with Crippen LogP contribution in [-0.2, 0) is 12.0 Å². The Morgan fingerprint density at radius 3 is 1.79 bits per heavy atom. The fourth-order valence-corrected chi connectivity index (χ4v) is 6.28. The van der Waals surface area contributed by atoms with Gasteiger partial charge in [-0.15, -0.1) is 0 Å². The second-order valence-electron chi connectivity index (χ2n) is 10.7. The van der Waals surface area contributed by atoms with Gasteiger partial charge in [0.25, 0.3) is 0 Å². The van der Waals surface area contributed by atoms with Crippen molar-refractivity contribution in [2.45, 2.75) is 18.9 Å². The molecule has 1 aliphatic heterocycles. The van der Waals surface area contributed by atoms with E-state index in [4.69, 9.17) is 19.9 Å². The zero-order chi connectivity index (χ0) is 29.0. The first-order chi connectivity index (χ1) is 21.2. The Morgan fingerprint density at radius 1 is 0.605 bits per heavy atom. The molecule has 0 bridgehead atoms. The van der Waals surface area contributed by atoms with Gasteiger partial charge in [-0.05, 0) is 23.8 Å². The summed E-state index contributed by atoms with van der Waals surface area (Å²) in [6.07, 6.45) is 0.740. The lowest BCUT2D eigenvalue weighted by molar-refractivity contribution is 0.125. The molecule has 6 nitrogen and oxygen atoms in total. The Labute approximate surface area is 249 Å². The highest BCUT2D eigenvalue weighted by atomic mass is 16.3. The van der Waals surface area contributed by atoms with Crippen LogP contribution in [-0.4, -0.2) is 29.6 Å². The molecule has 0 saturated carbocycles. The zero-order valence-corrected chi connectivity index (χ0v) is 23.5. The smallest absolute Gasteiger partial charge is 0.164 e. The van der Waals surface area contributed by atoms with Crippen molar-refractivity contribution >= 4 is 11.0 Å². The Hall–Kier alpha value is -5.46. The maximum absolute atomic E-state index is 13.1. The molecule has 2 aromatic heterocycles. The highest BCUT2D eigenvalue weighted by Crippen LogP contribution is 2.50. The van der Waals surface area contributed by atoms with Gasteiger partial charge < -0.3 is 5.11 Å². The van der Waals surface area contributed by atoms with Gasteiger partial charge in [0, 0.05) is 34.2 Å². The van der Waals surface area contributed by atoms with Gasteiger partial charge in [-0.3, -0.25) is 4.57 Å². The molecule has 43 heavy (non-hydrogen) atoms. The van der Waals surface area contributed by atoms with Gasteiger partial charge >= 0.3 is 0 Å². The number of rotatable bonds is 5. The van der Waals surface area contributed by atoms with E-state index in [0.29, 0.717) is 23.0 Å². The predicted octanol–water partition coefficient (Wildman–Crippen LogP) is 7.37. The topological polar surface area (TPSA) is 76.7 Å². The summed E-state index contributed by atoms with van der Waals surface area (Å²) in [5.41, 5.74) is 5.89. The quantitative estimate of drug-likeness (QED) is 0.239. The number of aliphatic hydroxyl groups is 1. The number of para-hydroxylation sites is 1. The van der Waals surface area contributed by atoms with Crippen LogP contribution in [0, 0.1) is 0 Å². The number of aryl methyl sites for hydroxylation is 1. The molecular weight excluding hydrogens is 530 g/mol. The third kappa shape index (κ3) is 3.84. The van der Waals surface area contributed by atoms with Crippen molar-refractivity contribution < 1.29 is 5.11 Å². The molecule has 0 spiro atoms. The first-order valence-corrected chi connectivity index (χ1v) is 14.5. The second-order valence-corrected chi connectivity index (χ2v) is 10.7. The van der Waals surface area contributed by atoms with E-state index in [-0.39, 0.29) is 0 Å². The summed E-state index contributed by atoms with van der Waals surface area (Å²) in [6, 6.07) is 41.8. The monoisotopic (exact) mass is 557 g/mol. The van der Waals surface area contributed by atoms with E-state index in [0.717, 1.165) is 56.8 Å². The molecule has 7 aromatic rings. The molecule has 0 amide bonds. The Morgan fingerprint density at radius 2 is 1.16 bits per heavy atom. The maximum atomic E-state index is 13.1. The van der Waals surface area contributed by atoms with E-state index in [1.807, 2.05) is 121 Å². The van der Waals surface area contributed by atoms with Crippen molar-refractivity contribution in [3.8, 4) is 39.9 Å². The van der Waals surface area contributed by atoms with E-state index in [2.05, 4.69) is 17.6 Å². The van der Waals surface area contributed by atoms with Gasteiger partial charge in [-0.25, -0.2) is 19.9 Å². The molecule has 1 N–H and O–H groups in total. The van der Waals surface area contributed by atoms with Crippen molar-refractivity contribution in [2.75, 3.05) is 0 Å². The van der Waals surface area contributed by atoms with E-state index >= 15 is 0 Å². The van der Waals surface area contributed by atoms with Crippen LogP contribution in [0.15, 0.2) is 127 Å². The molecule has 0 aliphatic carbocycles. The molecule has 3 heterocycles. The second kappa shape index (κ2) is 9.82. The lowest BCUT2D eigenvalue weighted by atomic mass is 9.75. The molecule has 6 heteroatoms. The molecule has 1 unspecified atom stereocenters. The average Bonchev–Trinajstić information content (AvgIpc) is 3.47. The average molecular weight is 558 g/mol. The van der Waals surface area contributed by atoms with Gasteiger partial charge in [0.1, 0.15) is 11.4 Å². The fraction of sp³-hybridized carbons (Fsp3) is 0.0811. The molecule has 0 radical (unpaired) electrons. The molecule has 0 fully saturated rings. The van der Waals surface area contributed by atoms with Crippen molar-refractivity contribution in [1.82, 2.24) is 24.5 Å². The fourth-order valence-electron chi connectivity index (χ4n) is 6.28. The number of hydrogen-bond acceptors (Lipinski definition) is 5. The van der Waals surface area contributed by atoms with Crippen LogP contribution in [0.4, 0.5) is 0 Å². The molecule has 8 rings (SSSR count). The summed E-state index contributed by atoms with van der Waals surface area (Å²) in [5, 5.41) is 13.1. The van der Waals surface area contributed by atoms with Crippen LogP contribution >= 0.6 is 0 Å². The van der Waals surface area contributed by atoms with Crippen LogP contribution in [0.25, 0.3) is 50.9 Å². The lowest BCUT2D eigenvalue weighted by Crippen LogP contribution is -2.35. The van der Waals surface area contributed by atoms with Crippen LogP contribution < -0.4 is 0 Å². The van der Waals surface area contributed by atoms with Gasteiger partial charge in [0.2, 0.25) is 0 Å². The Bertz CT molecular complexity index is 2070. The first-order valence-electron chi connectivity index (χ1n) is 14.5. The highest BCUT2D eigenvalue weighted by molar-refractivity contribution is 5.93. The van der Waals surface area contributed by atoms with E-state index in [1.165, 1.54) is 0 Å². The third-order valence-corrected chi connectivity index (χ3v) is 8.23. The van der Waals surface area contributed by atoms with Crippen molar-refractivity contribution in [1.29, 1.82) is 0 Å². The highest BCUT2D eigenvalue weighted by Gasteiger charge is 2.44. The minimum absolute atomic E-state index is 0.490. The minimum Gasteiger partial charge on any atom is -0.376 e. The number of nitrogens with zero attached hydrogens (tertiary/aromatic N) is 5. The third-order valence-electron chi connectivity index (χ3n) is 8.23. The van der Waals surface area contributed by atoms with Crippen molar-refractivity contribution in [2.24, 2.45) is 0 Å². The summed E-state index contributed by atoms with van der Waals surface area (Å²) < 4.78 is 2.19. The standard InChI is InChI=1S/C37H27N5O/c1-2-31-38-29-23-22-27(36-40-34(24-14-6-3-7-15-24)39-35(41-36)25-16-8-4-9-17-25)32-33(29)42(31)30-21-13-12-20-28(30)37(32,43)26-18-10-5-11-19-26/h3-23,43H,2H2,1H3. The number of benzene rings is 5. The van der Waals surface area contributed by atoms with Crippen molar-refractivity contribution in [3.05, 3.63) is 150 Å². The summed E-state index contributed by atoms with van der Waals surface area (Å²) >= 11 is 0. The maximum Gasteiger partial charge on any atom is 0.164 e.